The van der Waals surface area contributed by atoms with E-state index in [9.17, 15) is 4.79 Å². The number of nitrogens with zero attached hydrogens (tertiary/aromatic N) is 3. The van der Waals surface area contributed by atoms with Crippen molar-refractivity contribution >= 4 is 5.91 Å². The lowest BCUT2D eigenvalue weighted by Crippen LogP contribution is -2.49. The van der Waals surface area contributed by atoms with E-state index in [1.54, 1.807) is 0 Å². The minimum atomic E-state index is -0.346. The largest absolute Gasteiger partial charge is 0.354 e. The molecule has 1 fully saturated rings. The zero-order valence-corrected chi connectivity index (χ0v) is 14.6. The van der Waals surface area contributed by atoms with Crippen LogP contribution in [0.25, 0.3) is 0 Å². The van der Waals surface area contributed by atoms with Gasteiger partial charge >= 0.3 is 0 Å². The first kappa shape index (κ1) is 17.0. The van der Waals surface area contributed by atoms with Crippen molar-refractivity contribution in [2.24, 2.45) is 12.5 Å². The Morgan fingerprint density at radius 1 is 1.23 bits per heavy atom. The van der Waals surface area contributed by atoms with E-state index in [4.69, 9.17) is 0 Å². The van der Waals surface area contributed by atoms with Gasteiger partial charge in [0, 0.05) is 57.1 Å². The molecule has 5 nitrogen and oxygen atoms in total. The zero-order valence-electron chi connectivity index (χ0n) is 14.6. The molecule has 5 heteroatoms. The molecule has 1 atom stereocenters. The van der Waals surface area contributed by atoms with Crippen molar-refractivity contribution in [2.45, 2.75) is 26.8 Å². The van der Waals surface area contributed by atoms with Gasteiger partial charge in [0.1, 0.15) is 0 Å². The molecule has 1 saturated heterocycles. The third-order valence-corrected chi connectivity index (χ3v) is 4.44. The molecule has 1 aromatic rings. The minimum Gasteiger partial charge on any atom is -0.354 e. The van der Waals surface area contributed by atoms with Crippen LogP contribution in [0.3, 0.4) is 0 Å². The highest BCUT2D eigenvalue weighted by Crippen LogP contribution is 2.22. The highest BCUT2D eigenvalue weighted by atomic mass is 16.2. The predicted molar refractivity (Wildman–Crippen MR) is 89.7 cm³/mol. The third-order valence-electron chi connectivity index (χ3n) is 4.44. The maximum Gasteiger partial charge on any atom is 0.225 e. The van der Waals surface area contributed by atoms with Crippen LogP contribution in [0.1, 0.15) is 32.5 Å². The Morgan fingerprint density at radius 3 is 2.36 bits per heavy atom. The zero-order chi connectivity index (χ0) is 16.3. The molecule has 1 aliphatic heterocycles. The fourth-order valence-electron chi connectivity index (χ4n) is 2.83. The molecule has 0 aliphatic carbocycles. The molecule has 0 radical (unpaired) electrons. The molecule has 2 rings (SSSR count). The summed E-state index contributed by atoms with van der Waals surface area (Å²) in [5.41, 5.74) is 0.916. The normalized spacial score (nSPS) is 19.1. The number of likely N-dealkylation sites (N-methyl/N-ethyl adjacent to an activating group) is 1. The van der Waals surface area contributed by atoms with E-state index in [1.807, 2.05) is 20.8 Å². The highest BCUT2D eigenvalue weighted by Gasteiger charge is 2.28. The summed E-state index contributed by atoms with van der Waals surface area (Å²) in [7, 11) is 4.24. The number of hydrogen-bond acceptors (Lipinski definition) is 3. The van der Waals surface area contributed by atoms with Gasteiger partial charge in [-0.05, 0) is 19.2 Å². The van der Waals surface area contributed by atoms with E-state index < -0.39 is 0 Å². The lowest BCUT2D eigenvalue weighted by molar-refractivity contribution is -0.128. The first-order chi connectivity index (χ1) is 10.3. The van der Waals surface area contributed by atoms with E-state index in [-0.39, 0.29) is 17.4 Å². The van der Waals surface area contributed by atoms with Gasteiger partial charge in [0.25, 0.3) is 0 Å². The van der Waals surface area contributed by atoms with Crippen LogP contribution in [0.5, 0.6) is 0 Å². The lowest BCUT2D eigenvalue weighted by atomic mass is 9.95. The Labute approximate surface area is 134 Å². The number of carbonyl (C=O) groups excluding carboxylic acids is 1. The summed E-state index contributed by atoms with van der Waals surface area (Å²) in [4.78, 5) is 17.1. The van der Waals surface area contributed by atoms with Crippen LogP contribution < -0.4 is 5.32 Å². The fraction of sp³-hybridized carbons (Fsp3) is 0.706. The highest BCUT2D eigenvalue weighted by molar-refractivity contribution is 5.81. The summed E-state index contributed by atoms with van der Waals surface area (Å²) < 4.78 is 2.16. The molecule has 2 heterocycles. The molecule has 0 aromatic carbocycles. The molecular weight excluding hydrogens is 276 g/mol. The summed E-state index contributed by atoms with van der Waals surface area (Å²) in [6, 6.07) is 4.47. The first-order valence-electron chi connectivity index (χ1n) is 8.11. The standard InChI is InChI=1S/C17H30N4O/c1-17(2,3)16(22)18-13-15(14-7-6-8-20(14)5)21-11-9-19(4)10-12-21/h6-8,15H,9-13H2,1-5H3,(H,18,22). The van der Waals surface area contributed by atoms with Crippen molar-refractivity contribution in [2.75, 3.05) is 39.8 Å². The maximum absolute atomic E-state index is 12.2. The number of carbonyl (C=O) groups is 1. The van der Waals surface area contributed by atoms with E-state index in [2.05, 4.69) is 52.1 Å². The van der Waals surface area contributed by atoms with Crippen LogP contribution >= 0.6 is 0 Å². The molecule has 0 spiro atoms. The fourth-order valence-corrected chi connectivity index (χ4v) is 2.83. The van der Waals surface area contributed by atoms with Crippen LogP contribution in [0, 0.1) is 5.41 Å². The van der Waals surface area contributed by atoms with E-state index in [1.165, 1.54) is 5.69 Å². The SMILES string of the molecule is CN1CCN(C(CNC(=O)C(C)(C)C)c2cccn2C)CC1. The Kier molecular flexibility index (Phi) is 5.29. The lowest BCUT2D eigenvalue weighted by Gasteiger charge is -2.38. The summed E-state index contributed by atoms with van der Waals surface area (Å²) >= 11 is 0. The molecule has 1 unspecified atom stereocenters. The number of piperazine rings is 1. The Hall–Kier alpha value is -1.33. The van der Waals surface area contributed by atoms with Gasteiger partial charge < -0.3 is 14.8 Å². The van der Waals surface area contributed by atoms with Crippen molar-refractivity contribution in [3.05, 3.63) is 24.0 Å². The second kappa shape index (κ2) is 6.84. The minimum absolute atomic E-state index is 0.112. The number of hydrogen-bond donors (Lipinski definition) is 1. The molecule has 1 aliphatic rings. The Balaban J connectivity index is 2.09. The summed E-state index contributed by atoms with van der Waals surface area (Å²) in [5.74, 6) is 0.112. The van der Waals surface area contributed by atoms with Crippen molar-refractivity contribution in [3.8, 4) is 0 Å². The first-order valence-corrected chi connectivity index (χ1v) is 8.11. The van der Waals surface area contributed by atoms with E-state index >= 15 is 0 Å². The molecule has 124 valence electrons. The number of nitrogens with one attached hydrogen (secondary N) is 1. The molecular formula is C17H30N4O. The van der Waals surface area contributed by atoms with Gasteiger partial charge in [-0.3, -0.25) is 9.69 Å². The Bertz CT molecular complexity index is 495. The molecule has 0 bridgehead atoms. The summed E-state index contributed by atoms with van der Waals surface area (Å²) in [6.07, 6.45) is 2.07. The second-order valence-corrected chi connectivity index (χ2v) is 7.36. The second-order valence-electron chi connectivity index (χ2n) is 7.36. The molecule has 1 aromatic heterocycles. The predicted octanol–water partition coefficient (Wildman–Crippen LogP) is 1.48. The van der Waals surface area contributed by atoms with Gasteiger partial charge in [-0.15, -0.1) is 0 Å². The third kappa shape index (κ3) is 4.11. The monoisotopic (exact) mass is 306 g/mol. The van der Waals surface area contributed by atoms with Crippen LogP contribution in [-0.2, 0) is 11.8 Å². The van der Waals surface area contributed by atoms with Crippen molar-refractivity contribution in [1.29, 1.82) is 0 Å². The number of aryl methyl sites for hydroxylation is 1. The van der Waals surface area contributed by atoms with Crippen LogP contribution in [-0.4, -0.2) is 60.0 Å². The quantitative estimate of drug-likeness (QED) is 0.916. The average Bonchev–Trinajstić information content (AvgIpc) is 2.86. The number of aromatic nitrogens is 1. The molecule has 0 saturated carbocycles. The van der Waals surface area contributed by atoms with Crippen LogP contribution in [0.2, 0.25) is 0 Å². The summed E-state index contributed by atoms with van der Waals surface area (Å²) in [6.45, 7) is 10.8. The molecule has 22 heavy (non-hydrogen) atoms. The molecule has 1 N–H and O–H groups in total. The smallest absolute Gasteiger partial charge is 0.225 e. The number of amides is 1. The van der Waals surface area contributed by atoms with E-state index in [0.29, 0.717) is 6.54 Å². The maximum atomic E-state index is 12.2. The average molecular weight is 306 g/mol. The molecule has 1 amide bonds. The Morgan fingerprint density at radius 2 is 1.86 bits per heavy atom. The van der Waals surface area contributed by atoms with Crippen molar-refractivity contribution < 1.29 is 4.79 Å². The van der Waals surface area contributed by atoms with Gasteiger partial charge in [0.15, 0.2) is 0 Å². The van der Waals surface area contributed by atoms with Crippen molar-refractivity contribution in [1.82, 2.24) is 19.7 Å². The van der Waals surface area contributed by atoms with Crippen molar-refractivity contribution in [3.63, 3.8) is 0 Å². The summed E-state index contributed by atoms with van der Waals surface area (Å²) in [5, 5.41) is 3.14. The van der Waals surface area contributed by atoms with Gasteiger partial charge in [0.05, 0.1) is 6.04 Å². The van der Waals surface area contributed by atoms with Crippen LogP contribution in [0.4, 0.5) is 0 Å². The van der Waals surface area contributed by atoms with Gasteiger partial charge in [0.2, 0.25) is 5.91 Å². The van der Waals surface area contributed by atoms with Gasteiger partial charge in [-0.2, -0.15) is 0 Å². The topological polar surface area (TPSA) is 40.5 Å². The van der Waals surface area contributed by atoms with Gasteiger partial charge in [-0.25, -0.2) is 0 Å². The number of rotatable bonds is 4. The van der Waals surface area contributed by atoms with Gasteiger partial charge in [-0.1, -0.05) is 20.8 Å². The van der Waals surface area contributed by atoms with Crippen LogP contribution in [0.15, 0.2) is 18.3 Å². The van der Waals surface area contributed by atoms with E-state index in [0.717, 1.165) is 26.2 Å².